The van der Waals surface area contributed by atoms with Crippen LogP contribution in [-0.2, 0) is 0 Å². The number of fused-ring (bicyclic) bond motifs is 3. The molecule has 5 nitrogen and oxygen atoms in total. The second-order valence-corrected chi connectivity index (χ2v) is 13.7. The average Bonchev–Trinajstić information content (AvgIpc) is 3.29. The molecule has 0 aliphatic carbocycles. The fraction of sp³-hybridized carbons (Fsp3) is 0. The van der Waals surface area contributed by atoms with Gasteiger partial charge in [0.1, 0.15) is 5.69 Å². The molecule has 0 aliphatic rings. The molecule has 3 heterocycles. The van der Waals surface area contributed by atoms with Crippen molar-refractivity contribution in [1.29, 1.82) is 0 Å². The van der Waals surface area contributed by atoms with Crippen LogP contribution in [-0.4, -0.2) is 24.9 Å². The predicted octanol–water partition coefficient (Wildman–Crippen LogP) is 12.6. The molecule has 0 saturated heterocycles. The molecule has 5 heteroatoms. The average molecular weight is 716 g/mol. The number of hydrogen-bond acceptors (Lipinski definition) is 5. The Bertz CT molecular complexity index is 2930. The van der Waals surface area contributed by atoms with Crippen LogP contribution < -0.4 is 0 Å². The van der Waals surface area contributed by atoms with Crippen LogP contribution in [0.2, 0.25) is 0 Å². The topological polar surface area (TPSA) is 64.5 Å². The lowest BCUT2D eigenvalue weighted by Gasteiger charge is -2.16. The summed E-state index contributed by atoms with van der Waals surface area (Å²) in [5.41, 5.74) is 12.2. The molecule has 0 N–H and O–H groups in total. The maximum atomic E-state index is 5.44. The van der Waals surface area contributed by atoms with Crippen LogP contribution in [0.1, 0.15) is 0 Å². The number of aromatic nitrogens is 5. The van der Waals surface area contributed by atoms with Crippen molar-refractivity contribution in [2.45, 2.75) is 0 Å². The molecule has 56 heavy (non-hydrogen) atoms. The Morgan fingerprint density at radius 3 is 1.43 bits per heavy atom. The number of benzene rings is 7. The Kier molecular flexibility index (Phi) is 8.43. The zero-order chi connectivity index (χ0) is 37.3. The van der Waals surface area contributed by atoms with Crippen LogP contribution in [0.4, 0.5) is 0 Å². The summed E-state index contributed by atoms with van der Waals surface area (Å²) in [5.74, 6) is 1.73. The Morgan fingerprint density at radius 2 is 0.804 bits per heavy atom. The second-order valence-electron chi connectivity index (χ2n) is 13.7. The van der Waals surface area contributed by atoms with Crippen molar-refractivity contribution in [3.63, 3.8) is 0 Å². The van der Waals surface area contributed by atoms with Gasteiger partial charge in [0.05, 0.1) is 11.2 Å². The van der Waals surface area contributed by atoms with Crippen LogP contribution >= 0.6 is 0 Å². The predicted molar refractivity (Wildman–Crippen MR) is 228 cm³/mol. The van der Waals surface area contributed by atoms with E-state index in [0.29, 0.717) is 23.2 Å². The van der Waals surface area contributed by atoms with E-state index < -0.39 is 0 Å². The van der Waals surface area contributed by atoms with Crippen molar-refractivity contribution in [3.8, 4) is 78.9 Å². The summed E-state index contributed by atoms with van der Waals surface area (Å²) in [6.07, 6.45) is 1.82. The van der Waals surface area contributed by atoms with Crippen molar-refractivity contribution in [2.24, 2.45) is 0 Å². The molecule has 0 saturated carbocycles. The molecule has 0 spiro atoms. The number of hydrogen-bond donors (Lipinski definition) is 0. The second kappa shape index (κ2) is 14.3. The van der Waals surface area contributed by atoms with Gasteiger partial charge in [-0.05, 0) is 39.9 Å². The minimum Gasteiger partial charge on any atom is -0.253 e. The first-order chi connectivity index (χ1) is 27.8. The first kappa shape index (κ1) is 33.0. The van der Waals surface area contributed by atoms with Crippen LogP contribution in [0, 0.1) is 0 Å². The summed E-state index contributed by atoms with van der Waals surface area (Å²) in [6.45, 7) is 0. The van der Waals surface area contributed by atoms with E-state index in [1.807, 2.05) is 72.9 Å². The number of para-hydroxylation sites is 1. The van der Waals surface area contributed by atoms with Gasteiger partial charge in [0.2, 0.25) is 0 Å². The zero-order valence-corrected chi connectivity index (χ0v) is 30.3. The van der Waals surface area contributed by atoms with Gasteiger partial charge in [-0.3, -0.25) is 4.98 Å². The number of rotatable bonds is 7. The van der Waals surface area contributed by atoms with Crippen molar-refractivity contribution >= 4 is 21.7 Å². The van der Waals surface area contributed by atoms with Crippen molar-refractivity contribution in [2.75, 3.05) is 0 Å². The van der Waals surface area contributed by atoms with Gasteiger partial charge in [0, 0.05) is 44.6 Å². The smallest absolute Gasteiger partial charge is 0.182 e. The van der Waals surface area contributed by atoms with Gasteiger partial charge in [-0.1, -0.05) is 182 Å². The summed E-state index contributed by atoms with van der Waals surface area (Å²) in [4.78, 5) is 24.8. The zero-order valence-electron chi connectivity index (χ0n) is 30.3. The monoisotopic (exact) mass is 715 g/mol. The standard InChI is InChI=1S/C51H33N5/c1-5-15-35(16-6-1)41-23-13-25-43-46(41)44-26-14-24-42(48(44)53-47(43)37-17-7-2-8-18-37)36-29-27-34(28-30-36)40-31-32-52-45(33-40)51-55-49(38-19-9-3-10-20-38)54-50(56-51)39-21-11-4-12-22-39/h1-33H. The minimum atomic E-state index is 0.523. The first-order valence-electron chi connectivity index (χ1n) is 18.7. The maximum absolute atomic E-state index is 5.44. The van der Waals surface area contributed by atoms with E-state index in [9.17, 15) is 0 Å². The third-order valence-corrected chi connectivity index (χ3v) is 10.2. The number of nitrogens with zero attached hydrogens (tertiary/aromatic N) is 5. The van der Waals surface area contributed by atoms with Gasteiger partial charge in [-0.25, -0.2) is 19.9 Å². The summed E-state index contributed by atoms with van der Waals surface area (Å²) < 4.78 is 0. The van der Waals surface area contributed by atoms with E-state index in [2.05, 4.69) is 127 Å². The third-order valence-electron chi connectivity index (χ3n) is 10.2. The lowest BCUT2D eigenvalue weighted by atomic mass is 9.91. The van der Waals surface area contributed by atoms with Crippen molar-refractivity contribution in [1.82, 2.24) is 24.9 Å². The Balaban J connectivity index is 1.07. The summed E-state index contributed by atoms with van der Waals surface area (Å²) in [6, 6.07) is 67.0. The van der Waals surface area contributed by atoms with Crippen LogP contribution in [0.3, 0.4) is 0 Å². The highest BCUT2D eigenvalue weighted by Gasteiger charge is 2.18. The molecule has 10 rings (SSSR count). The highest BCUT2D eigenvalue weighted by atomic mass is 15.0. The molecular formula is C51H33N5. The summed E-state index contributed by atoms with van der Waals surface area (Å²) in [7, 11) is 0. The molecule has 0 amide bonds. The molecule has 10 aromatic rings. The van der Waals surface area contributed by atoms with E-state index in [1.54, 1.807) is 0 Å². The van der Waals surface area contributed by atoms with Gasteiger partial charge in [-0.15, -0.1) is 0 Å². The van der Waals surface area contributed by atoms with Gasteiger partial charge in [0.15, 0.2) is 17.5 Å². The van der Waals surface area contributed by atoms with Gasteiger partial charge >= 0.3 is 0 Å². The van der Waals surface area contributed by atoms with E-state index in [4.69, 9.17) is 24.9 Å². The van der Waals surface area contributed by atoms with E-state index in [0.717, 1.165) is 60.9 Å². The minimum absolute atomic E-state index is 0.523. The summed E-state index contributed by atoms with van der Waals surface area (Å²) in [5, 5.41) is 3.46. The van der Waals surface area contributed by atoms with Crippen molar-refractivity contribution in [3.05, 3.63) is 200 Å². The SMILES string of the molecule is c1ccc(-c2nc(-c3ccccc3)nc(-c3cc(-c4ccc(-c5cccc6c5nc(-c5ccccc5)c5cccc(-c7ccccc7)c56)cc4)ccn3)n2)cc1. The molecule has 262 valence electrons. The highest BCUT2D eigenvalue weighted by Crippen LogP contribution is 2.41. The van der Waals surface area contributed by atoms with E-state index in [-0.39, 0.29) is 0 Å². The molecule has 0 bridgehead atoms. The van der Waals surface area contributed by atoms with E-state index >= 15 is 0 Å². The normalized spacial score (nSPS) is 11.2. The van der Waals surface area contributed by atoms with Crippen LogP contribution in [0.5, 0.6) is 0 Å². The molecule has 0 fully saturated rings. The largest absolute Gasteiger partial charge is 0.253 e. The van der Waals surface area contributed by atoms with Crippen LogP contribution in [0.15, 0.2) is 200 Å². The van der Waals surface area contributed by atoms with Gasteiger partial charge in [0.25, 0.3) is 0 Å². The lowest BCUT2D eigenvalue weighted by Crippen LogP contribution is -2.01. The first-order valence-corrected chi connectivity index (χ1v) is 18.7. The summed E-state index contributed by atoms with van der Waals surface area (Å²) >= 11 is 0. The van der Waals surface area contributed by atoms with Gasteiger partial charge < -0.3 is 0 Å². The lowest BCUT2D eigenvalue weighted by molar-refractivity contribution is 1.06. The Hall–Kier alpha value is -7.63. The fourth-order valence-corrected chi connectivity index (χ4v) is 7.48. The Morgan fingerprint density at radius 1 is 0.304 bits per heavy atom. The van der Waals surface area contributed by atoms with Crippen LogP contribution in [0.25, 0.3) is 101 Å². The molecule has 7 aromatic carbocycles. The maximum Gasteiger partial charge on any atom is 0.182 e. The molecule has 0 aliphatic heterocycles. The third kappa shape index (κ3) is 6.17. The molecular weight excluding hydrogens is 683 g/mol. The molecule has 0 atom stereocenters. The highest BCUT2D eigenvalue weighted by molar-refractivity contribution is 6.19. The quantitative estimate of drug-likeness (QED) is 0.154. The molecule has 0 unspecified atom stereocenters. The Labute approximate surface area is 324 Å². The van der Waals surface area contributed by atoms with Gasteiger partial charge in [-0.2, -0.15) is 0 Å². The fourth-order valence-electron chi connectivity index (χ4n) is 7.48. The number of pyridine rings is 2. The molecule has 0 radical (unpaired) electrons. The molecule has 3 aromatic heterocycles. The van der Waals surface area contributed by atoms with E-state index in [1.165, 1.54) is 16.5 Å². The van der Waals surface area contributed by atoms with Crippen molar-refractivity contribution < 1.29 is 0 Å².